The summed E-state index contributed by atoms with van der Waals surface area (Å²) in [5.74, 6) is -1.68. The predicted molar refractivity (Wildman–Crippen MR) is 70.9 cm³/mol. The van der Waals surface area contributed by atoms with E-state index in [4.69, 9.17) is 4.74 Å². The average molecular weight is 283 g/mol. The van der Waals surface area contributed by atoms with Gasteiger partial charge in [0.25, 0.3) is 0 Å². The molecule has 20 heavy (non-hydrogen) atoms. The number of benzene rings is 1. The summed E-state index contributed by atoms with van der Waals surface area (Å²) in [6.45, 7) is 6.53. The van der Waals surface area contributed by atoms with Crippen molar-refractivity contribution in [2.75, 3.05) is 0 Å². The molecule has 0 saturated carbocycles. The molecule has 0 aliphatic carbocycles. The van der Waals surface area contributed by atoms with E-state index in [1.165, 1.54) is 19.1 Å². The highest BCUT2D eigenvalue weighted by Gasteiger charge is 2.25. The molecule has 1 aromatic rings. The van der Waals surface area contributed by atoms with Crippen LogP contribution < -0.4 is 5.32 Å². The summed E-state index contributed by atoms with van der Waals surface area (Å²) >= 11 is 0. The van der Waals surface area contributed by atoms with Gasteiger partial charge < -0.3 is 15.2 Å². The number of hydrogen-bond donors (Lipinski definition) is 2. The fourth-order valence-electron chi connectivity index (χ4n) is 1.56. The topological polar surface area (TPSA) is 75.6 Å². The van der Waals surface area contributed by atoms with Crippen LogP contribution in [0.15, 0.2) is 18.2 Å². The second-order valence-electron chi connectivity index (χ2n) is 5.43. The first-order valence-electron chi connectivity index (χ1n) is 6.08. The van der Waals surface area contributed by atoms with Crippen molar-refractivity contribution < 1.29 is 23.8 Å². The highest BCUT2D eigenvalue weighted by Crippen LogP contribution is 2.18. The Morgan fingerprint density at radius 3 is 2.40 bits per heavy atom. The minimum Gasteiger partial charge on any atom is -0.479 e. The van der Waals surface area contributed by atoms with E-state index in [0.29, 0.717) is 5.56 Å². The summed E-state index contributed by atoms with van der Waals surface area (Å²) < 4.78 is 18.2. The maximum absolute atomic E-state index is 13.2. The summed E-state index contributed by atoms with van der Waals surface area (Å²) in [5, 5.41) is 11.4. The summed E-state index contributed by atoms with van der Waals surface area (Å²) in [6, 6.07) is 2.57. The van der Waals surface area contributed by atoms with Crippen LogP contribution in [0.2, 0.25) is 0 Å². The van der Waals surface area contributed by atoms with Gasteiger partial charge in [-0.1, -0.05) is 12.1 Å². The van der Waals surface area contributed by atoms with E-state index in [-0.39, 0.29) is 5.56 Å². The molecule has 6 heteroatoms. The summed E-state index contributed by atoms with van der Waals surface area (Å²) in [5.41, 5.74) is -0.145. The number of aryl methyl sites for hydroxylation is 1. The van der Waals surface area contributed by atoms with E-state index in [0.717, 1.165) is 6.07 Å². The van der Waals surface area contributed by atoms with Crippen molar-refractivity contribution in [2.45, 2.75) is 39.3 Å². The predicted octanol–water partition coefficient (Wildman–Crippen LogP) is 2.78. The molecule has 0 heterocycles. The molecule has 110 valence electrons. The van der Waals surface area contributed by atoms with Crippen molar-refractivity contribution in [3.63, 3.8) is 0 Å². The van der Waals surface area contributed by atoms with E-state index in [1.54, 1.807) is 20.8 Å². The van der Waals surface area contributed by atoms with Gasteiger partial charge in [0.2, 0.25) is 0 Å². The van der Waals surface area contributed by atoms with Crippen LogP contribution in [0.3, 0.4) is 0 Å². The minimum atomic E-state index is -1.29. The summed E-state index contributed by atoms with van der Waals surface area (Å²) in [7, 11) is 0. The fourth-order valence-corrected chi connectivity index (χ4v) is 1.56. The van der Waals surface area contributed by atoms with E-state index in [1.807, 2.05) is 0 Å². The maximum Gasteiger partial charge on any atom is 0.408 e. The third-order valence-electron chi connectivity index (χ3n) is 2.42. The number of aliphatic carboxylic acids is 1. The Balaban J connectivity index is 2.92. The molecular weight excluding hydrogens is 265 g/mol. The quantitative estimate of drug-likeness (QED) is 0.894. The average Bonchev–Trinajstić information content (AvgIpc) is 2.27. The lowest BCUT2D eigenvalue weighted by molar-refractivity contribution is -0.139. The third kappa shape index (κ3) is 4.53. The zero-order chi connectivity index (χ0) is 15.5. The molecular formula is C14H18FNO4. The highest BCUT2D eigenvalue weighted by atomic mass is 19.1. The third-order valence-corrected chi connectivity index (χ3v) is 2.42. The van der Waals surface area contributed by atoms with E-state index >= 15 is 0 Å². The van der Waals surface area contributed by atoms with Crippen molar-refractivity contribution in [3.05, 3.63) is 35.1 Å². The Kier molecular flexibility index (Phi) is 4.70. The summed E-state index contributed by atoms with van der Waals surface area (Å²) in [4.78, 5) is 22.9. The van der Waals surface area contributed by atoms with Crippen molar-refractivity contribution >= 4 is 12.1 Å². The highest BCUT2D eigenvalue weighted by molar-refractivity contribution is 5.81. The van der Waals surface area contributed by atoms with Gasteiger partial charge in [0.05, 0.1) is 0 Å². The van der Waals surface area contributed by atoms with E-state index in [9.17, 15) is 19.1 Å². The number of carboxylic acids is 1. The van der Waals surface area contributed by atoms with Gasteiger partial charge in [-0.25, -0.2) is 14.0 Å². The molecule has 0 saturated heterocycles. The lowest BCUT2D eigenvalue weighted by atomic mass is 10.0. The molecule has 0 aliphatic heterocycles. The van der Waals surface area contributed by atoms with Crippen LogP contribution in [0, 0.1) is 12.7 Å². The number of amides is 1. The first-order valence-corrected chi connectivity index (χ1v) is 6.08. The van der Waals surface area contributed by atoms with Crippen molar-refractivity contribution in [2.24, 2.45) is 0 Å². The number of alkyl carbamates (subject to hydrolysis) is 1. The van der Waals surface area contributed by atoms with Crippen molar-refractivity contribution in [1.82, 2.24) is 5.32 Å². The number of nitrogens with one attached hydrogen (secondary N) is 1. The number of carboxylic acid groups (broad SMARTS) is 1. The molecule has 1 atom stereocenters. The first kappa shape index (κ1) is 15.9. The van der Waals surface area contributed by atoms with Gasteiger partial charge in [-0.2, -0.15) is 0 Å². The zero-order valence-electron chi connectivity index (χ0n) is 11.9. The Morgan fingerprint density at radius 1 is 1.35 bits per heavy atom. The van der Waals surface area contributed by atoms with Crippen molar-refractivity contribution in [3.8, 4) is 0 Å². The van der Waals surface area contributed by atoms with Crippen LogP contribution in [0.5, 0.6) is 0 Å². The monoisotopic (exact) mass is 283 g/mol. The van der Waals surface area contributed by atoms with Crippen LogP contribution in [0.1, 0.15) is 37.9 Å². The molecule has 0 spiro atoms. The lowest BCUT2D eigenvalue weighted by Crippen LogP contribution is -2.38. The van der Waals surface area contributed by atoms with Gasteiger partial charge in [-0.05, 0) is 44.9 Å². The van der Waals surface area contributed by atoms with E-state index < -0.39 is 29.5 Å². The zero-order valence-corrected chi connectivity index (χ0v) is 11.9. The Hall–Kier alpha value is -2.11. The molecule has 2 N–H and O–H groups in total. The molecule has 0 aliphatic rings. The van der Waals surface area contributed by atoms with E-state index in [2.05, 4.69) is 5.32 Å². The number of halogens is 1. The Labute approximate surface area is 116 Å². The Morgan fingerprint density at radius 2 is 1.95 bits per heavy atom. The molecule has 1 amide bonds. The van der Waals surface area contributed by atoms with Gasteiger partial charge in [-0.3, -0.25) is 0 Å². The smallest absolute Gasteiger partial charge is 0.408 e. The number of carbonyl (C=O) groups is 2. The molecule has 0 bridgehead atoms. The van der Waals surface area contributed by atoms with Crippen LogP contribution in [-0.4, -0.2) is 22.8 Å². The second kappa shape index (κ2) is 5.90. The largest absolute Gasteiger partial charge is 0.479 e. The number of carbonyl (C=O) groups excluding carboxylic acids is 1. The lowest BCUT2D eigenvalue weighted by Gasteiger charge is -2.22. The molecule has 0 fully saturated rings. The van der Waals surface area contributed by atoms with Gasteiger partial charge >= 0.3 is 12.1 Å². The Bertz CT molecular complexity index is 522. The molecule has 0 radical (unpaired) electrons. The minimum absolute atomic E-state index is 0.280. The van der Waals surface area contributed by atoms with Gasteiger partial charge in [0.15, 0.2) is 6.04 Å². The molecule has 1 unspecified atom stereocenters. The fraction of sp³-hybridized carbons (Fsp3) is 0.429. The molecule has 0 aromatic heterocycles. The van der Waals surface area contributed by atoms with Crippen LogP contribution >= 0.6 is 0 Å². The van der Waals surface area contributed by atoms with Crippen LogP contribution in [-0.2, 0) is 9.53 Å². The number of ether oxygens (including phenoxy) is 1. The number of hydrogen-bond acceptors (Lipinski definition) is 3. The van der Waals surface area contributed by atoms with Crippen molar-refractivity contribution in [1.29, 1.82) is 0 Å². The van der Waals surface area contributed by atoms with Gasteiger partial charge in [0.1, 0.15) is 11.4 Å². The van der Waals surface area contributed by atoms with Crippen LogP contribution in [0.25, 0.3) is 0 Å². The molecule has 5 nitrogen and oxygen atoms in total. The molecule has 1 aromatic carbocycles. The number of rotatable bonds is 3. The first-order chi connectivity index (χ1) is 9.10. The normalized spacial score (nSPS) is 12.7. The molecule has 1 rings (SSSR count). The van der Waals surface area contributed by atoms with Gasteiger partial charge in [-0.15, -0.1) is 0 Å². The summed E-state index contributed by atoms with van der Waals surface area (Å²) in [6.07, 6.45) is -0.841. The SMILES string of the molecule is Cc1cc(C(NC(=O)OC(C)(C)C)C(=O)O)ccc1F. The standard InChI is InChI=1S/C14H18FNO4/c1-8-7-9(5-6-10(8)15)11(12(17)18)16-13(19)20-14(2,3)4/h5-7,11H,1-4H3,(H,16,19)(H,17,18). The van der Waals surface area contributed by atoms with Gasteiger partial charge in [0, 0.05) is 0 Å². The van der Waals surface area contributed by atoms with Crippen LogP contribution in [0.4, 0.5) is 9.18 Å². The second-order valence-corrected chi connectivity index (χ2v) is 5.43. The maximum atomic E-state index is 13.2.